The molecule has 0 bridgehead atoms. The Bertz CT molecular complexity index is 566. The van der Waals surface area contributed by atoms with Crippen molar-refractivity contribution in [3.63, 3.8) is 0 Å². The molecule has 2 saturated heterocycles. The second-order valence-electron chi connectivity index (χ2n) is 7.02. The molecule has 2 unspecified atom stereocenters. The van der Waals surface area contributed by atoms with Crippen LogP contribution >= 0.6 is 11.8 Å². The van der Waals surface area contributed by atoms with Gasteiger partial charge in [0, 0.05) is 24.8 Å². The molecule has 0 aliphatic carbocycles. The van der Waals surface area contributed by atoms with Gasteiger partial charge in [0.1, 0.15) is 0 Å². The van der Waals surface area contributed by atoms with E-state index in [0.717, 1.165) is 38.0 Å². The van der Waals surface area contributed by atoms with Crippen molar-refractivity contribution in [2.75, 3.05) is 18.1 Å². The summed E-state index contributed by atoms with van der Waals surface area (Å²) in [5.74, 6) is 2.45. The molecule has 0 radical (unpaired) electrons. The largest absolute Gasteiger partial charge is 0.374 e. The van der Waals surface area contributed by atoms with Gasteiger partial charge in [0.2, 0.25) is 5.91 Å². The number of benzene rings is 1. The molecule has 0 saturated carbocycles. The van der Waals surface area contributed by atoms with Crippen LogP contribution in [0, 0.1) is 13.8 Å². The number of ether oxygens (including phenoxy) is 1. The Balaban J connectivity index is 1.49. The Hall–Kier alpha value is -1.00. The number of aryl methyl sites for hydroxylation is 3. The minimum absolute atomic E-state index is 0.0361. The predicted molar refractivity (Wildman–Crippen MR) is 96.0 cm³/mol. The molecule has 4 heteroatoms. The summed E-state index contributed by atoms with van der Waals surface area (Å²) in [7, 11) is 0. The summed E-state index contributed by atoms with van der Waals surface area (Å²) in [6.45, 7) is 5.01. The first-order valence-corrected chi connectivity index (χ1v) is 9.79. The number of hydrogen-bond donors (Lipinski definition) is 1. The van der Waals surface area contributed by atoms with Gasteiger partial charge in [-0.25, -0.2) is 0 Å². The molecule has 1 N–H and O–H groups in total. The minimum Gasteiger partial charge on any atom is -0.374 e. The van der Waals surface area contributed by atoms with Gasteiger partial charge in [0.15, 0.2) is 0 Å². The maximum Gasteiger partial charge on any atom is 0.220 e. The highest BCUT2D eigenvalue weighted by atomic mass is 32.2. The summed E-state index contributed by atoms with van der Waals surface area (Å²) in [6.07, 6.45) is 4.45. The summed E-state index contributed by atoms with van der Waals surface area (Å²) in [5.41, 5.74) is 3.87. The summed E-state index contributed by atoms with van der Waals surface area (Å²) in [6, 6.07) is 6.75. The van der Waals surface area contributed by atoms with Crippen LogP contribution in [-0.4, -0.2) is 35.7 Å². The molecule has 0 aromatic heterocycles. The van der Waals surface area contributed by atoms with Crippen molar-refractivity contribution in [2.24, 2.45) is 0 Å². The molecule has 2 atom stereocenters. The van der Waals surface area contributed by atoms with Crippen LogP contribution in [0.3, 0.4) is 0 Å². The fraction of sp³-hybridized carbons (Fsp3) is 0.632. The number of amides is 1. The first kappa shape index (κ1) is 16.8. The Morgan fingerprint density at radius 2 is 2.30 bits per heavy atom. The average Bonchev–Trinajstić information content (AvgIpc) is 2.94. The summed E-state index contributed by atoms with van der Waals surface area (Å²) >= 11 is 1.97. The van der Waals surface area contributed by atoms with Gasteiger partial charge in [-0.05, 0) is 56.4 Å². The van der Waals surface area contributed by atoms with Gasteiger partial charge >= 0.3 is 0 Å². The third kappa shape index (κ3) is 4.30. The lowest BCUT2D eigenvalue weighted by Crippen LogP contribution is -2.48. The van der Waals surface area contributed by atoms with Crippen molar-refractivity contribution >= 4 is 17.7 Å². The van der Waals surface area contributed by atoms with E-state index in [2.05, 4.69) is 37.4 Å². The molecule has 1 spiro atoms. The van der Waals surface area contributed by atoms with Crippen molar-refractivity contribution in [1.82, 2.24) is 5.32 Å². The highest BCUT2D eigenvalue weighted by Crippen LogP contribution is 2.38. The number of carbonyl (C=O) groups excluding carboxylic acids is 1. The molecule has 2 heterocycles. The van der Waals surface area contributed by atoms with Crippen LogP contribution in [0.4, 0.5) is 0 Å². The predicted octanol–water partition coefficient (Wildman–Crippen LogP) is 3.41. The van der Waals surface area contributed by atoms with Gasteiger partial charge in [-0.3, -0.25) is 4.79 Å². The van der Waals surface area contributed by atoms with E-state index < -0.39 is 0 Å². The fourth-order valence-corrected chi connectivity index (χ4v) is 5.07. The minimum atomic E-state index is 0.0361. The SMILES string of the molecule is Cc1ccc(CCC(=O)NC2CCOC3(CCSC3)C2)c(C)c1. The summed E-state index contributed by atoms with van der Waals surface area (Å²) in [5, 5.41) is 3.24. The van der Waals surface area contributed by atoms with Gasteiger partial charge < -0.3 is 10.1 Å². The van der Waals surface area contributed by atoms with Crippen molar-refractivity contribution in [3.05, 3.63) is 34.9 Å². The van der Waals surface area contributed by atoms with Crippen LogP contribution in [-0.2, 0) is 16.0 Å². The Morgan fingerprint density at radius 1 is 1.43 bits per heavy atom. The highest BCUT2D eigenvalue weighted by Gasteiger charge is 2.40. The van der Waals surface area contributed by atoms with E-state index in [4.69, 9.17) is 4.74 Å². The third-order valence-electron chi connectivity index (χ3n) is 5.04. The third-order valence-corrected chi connectivity index (χ3v) is 6.27. The zero-order valence-corrected chi connectivity index (χ0v) is 15.0. The smallest absolute Gasteiger partial charge is 0.220 e. The van der Waals surface area contributed by atoms with E-state index in [1.165, 1.54) is 22.4 Å². The molecule has 23 heavy (non-hydrogen) atoms. The van der Waals surface area contributed by atoms with Crippen LogP contribution in [0.2, 0.25) is 0 Å². The van der Waals surface area contributed by atoms with Gasteiger partial charge in [0.25, 0.3) is 0 Å². The molecule has 2 aliphatic heterocycles. The van der Waals surface area contributed by atoms with Crippen molar-refractivity contribution in [3.8, 4) is 0 Å². The van der Waals surface area contributed by atoms with E-state index in [9.17, 15) is 4.79 Å². The zero-order valence-electron chi connectivity index (χ0n) is 14.2. The van der Waals surface area contributed by atoms with Crippen molar-refractivity contribution in [1.29, 1.82) is 0 Å². The summed E-state index contributed by atoms with van der Waals surface area (Å²) < 4.78 is 6.02. The van der Waals surface area contributed by atoms with E-state index in [0.29, 0.717) is 6.42 Å². The molecule has 1 aromatic carbocycles. The van der Waals surface area contributed by atoms with Crippen LogP contribution in [0.25, 0.3) is 0 Å². The lowest BCUT2D eigenvalue weighted by Gasteiger charge is -2.38. The molecule has 2 fully saturated rings. The molecule has 1 aromatic rings. The van der Waals surface area contributed by atoms with E-state index in [-0.39, 0.29) is 17.6 Å². The topological polar surface area (TPSA) is 38.3 Å². The number of hydrogen-bond acceptors (Lipinski definition) is 3. The number of rotatable bonds is 4. The van der Waals surface area contributed by atoms with E-state index >= 15 is 0 Å². The maximum absolute atomic E-state index is 12.3. The Labute approximate surface area is 143 Å². The van der Waals surface area contributed by atoms with E-state index in [1.54, 1.807) is 0 Å². The van der Waals surface area contributed by atoms with Gasteiger partial charge in [-0.15, -0.1) is 0 Å². The van der Waals surface area contributed by atoms with Gasteiger partial charge in [-0.1, -0.05) is 23.8 Å². The second-order valence-corrected chi connectivity index (χ2v) is 8.13. The molecule has 3 nitrogen and oxygen atoms in total. The first-order chi connectivity index (χ1) is 11.1. The lowest BCUT2D eigenvalue weighted by atomic mass is 9.89. The monoisotopic (exact) mass is 333 g/mol. The van der Waals surface area contributed by atoms with Crippen LogP contribution in [0.1, 0.15) is 42.4 Å². The molecule has 126 valence electrons. The standard InChI is InChI=1S/C19H27NO2S/c1-14-3-4-16(15(2)11-14)5-6-18(21)20-17-7-9-22-19(12-17)8-10-23-13-19/h3-4,11,17H,5-10,12-13H2,1-2H3,(H,20,21). The number of nitrogens with one attached hydrogen (secondary N) is 1. The molecule has 3 rings (SSSR count). The Kier molecular flexibility index (Phi) is 5.32. The molecule has 2 aliphatic rings. The van der Waals surface area contributed by atoms with Crippen molar-refractivity contribution < 1.29 is 9.53 Å². The van der Waals surface area contributed by atoms with E-state index in [1.807, 2.05) is 11.8 Å². The quantitative estimate of drug-likeness (QED) is 0.918. The van der Waals surface area contributed by atoms with Crippen LogP contribution in [0.15, 0.2) is 18.2 Å². The van der Waals surface area contributed by atoms with Gasteiger partial charge in [0.05, 0.1) is 5.60 Å². The number of thioether (sulfide) groups is 1. The average molecular weight is 333 g/mol. The second kappa shape index (κ2) is 7.27. The highest BCUT2D eigenvalue weighted by molar-refractivity contribution is 7.99. The molecular formula is C19H27NO2S. The van der Waals surface area contributed by atoms with Crippen molar-refractivity contribution in [2.45, 2.75) is 57.6 Å². The first-order valence-electron chi connectivity index (χ1n) is 8.64. The Morgan fingerprint density at radius 3 is 3.04 bits per heavy atom. The van der Waals surface area contributed by atoms with Crippen LogP contribution < -0.4 is 5.32 Å². The normalized spacial score (nSPS) is 27.3. The zero-order chi connectivity index (χ0) is 16.3. The fourth-order valence-electron chi connectivity index (χ4n) is 3.69. The van der Waals surface area contributed by atoms with Gasteiger partial charge in [-0.2, -0.15) is 11.8 Å². The molecular weight excluding hydrogens is 306 g/mol. The van der Waals surface area contributed by atoms with Crippen LogP contribution in [0.5, 0.6) is 0 Å². The number of carbonyl (C=O) groups is 1. The lowest BCUT2D eigenvalue weighted by molar-refractivity contribution is -0.124. The maximum atomic E-state index is 12.3. The summed E-state index contributed by atoms with van der Waals surface area (Å²) in [4.78, 5) is 12.3. The molecule has 1 amide bonds.